The number of sulfonamides is 1. The van der Waals surface area contributed by atoms with Crippen molar-refractivity contribution in [3.05, 3.63) is 67.3 Å². The first-order valence-corrected chi connectivity index (χ1v) is 19.9. The highest BCUT2D eigenvalue weighted by atomic mass is 32.2. The van der Waals surface area contributed by atoms with Crippen LogP contribution in [0.5, 0.6) is 11.5 Å². The van der Waals surface area contributed by atoms with E-state index in [-0.39, 0.29) is 25.9 Å². The van der Waals surface area contributed by atoms with Gasteiger partial charge in [0.2, 0.25) is 15.9 Å². The van der Waals surface area contributed by atoms with Crippen LogP contribution < -0.4 is 19.5 Å². The van der Waals surface area contributed by atoms with E-state index >= 15 is 0 Å². The zero-order valence-electron chi connectivity index (χ0n) is 32.1. The van der Waals surface area contributed by atoms with Gasteiger partial charge in [-0.3, -0.25) is 33.7 Å². The van der Waals surface area contributed by atoms with Gasteiger partial charge in [0, 0.05) is 55.4 Å². The van der Waals surface area contributed by atoms with Gasteiger partial charge < -0.3 is 19.5 Å². The third-order valence-corrected chi connectivity index (χ3v) is 11.8. The van der Waals surface area contributed by atoms with Crippen LogP contribution in [0.4, 0.5) is 4.79 Å². The monoisotopic (exact) mass is 789 g/mol. The van der Waals surface area contributed by atoms with Crippen LogP contribution in [0.1, 0.15) is 53.4 Å². The molecule has 3 aromatic rings. The SMILES string of the molecule is C=C[C@@H]1C[C@]1(NC(=O)[C@@H]1C[C@H](Oc2cc(-c3ccccc3)nc3cc(OC)ccc23)N(C(=O)N(CC(C)(C)C)C(=O)COC(C)=O)C1)C(=O)NS(=O)(=O)C1CC1. The maximum absolute atomic E-state index is 14.6. The topological polar surface area (TPSA) is 191 Å². The molecule has 6 rings (SSSR count). The van der Waals surface area contributed by atoms with E-state index in [0.29, 0.717) is 40.9 Å². The van der Waals surface area contributed by atoms with Crippen molar-refractivity contribution >= 4 is 50.6 Å². The number of amides is 5. The lowest BCUT2D eigenvalue weighted by Crippen LogP contribution is -2.54. The first-order chi connectivity index (χ1) is 26.4. The number of methoxy groups -OCH3 is 1. The van der Waals surface area contributed by atoms with Crippen LogP contribution in [0.25, 0.3) is 22.2 Å². The molecular weight excluding hydrogens is 743 g/mol. The summed E-state index contributed by atoms with van der Waals surface area (Å²) in [5, 5.41) is 2.72. The first-order valence-electron chi connectivity index (χ1n) is 18.4. The smallest absolute Gasteiger partial charge is 0.329 e. The van der Waals surface area contributed by atoms with Crippen molar-refractivity contribution in [1.82, 2.24) is 24.8 Å². The molecule has 2 N–H and O–H groups in total. The van der Waals surface area contributed by atoms with Gasteiger partial charge >= 0.3 is 12.0 Å². The van der Waals surface area contributed by atoms with Gasteiger partial charge in [-0.1, -0.05) is 57.2 Å². The number of benzene rings is 2. The van der Waals surface area contributed by atoms with Crippen LogP contribution in [0.15, 0.2) is 67.3 Å². The second kappa shape index (κ2) is 15.6. The van der Waals surface area contributed by atoms with Crippen molar-refractivity contribution in [3.63, 3.8) is 0 Å². The van der Waals surface area contributed by atoms with Crippen molar-refractivity contribution in [3.8, 4) is 22.8 Å². The van der Waals surface area contributed by atoms with Gasteiger partial charge in [0.15, 0.2) is 12.8 Å². The maximum Gasteiger partial charge on any atom is 0.329 e. The standard InChI is InChI=1S/C40H47N5O10S/c1-7-27-20-40(27,37(49)43-56(51,52)29-14-15-29)42-36(48)26-17-35(44(21-26)38(50)45(23-39(3,4)5)34(47)22-54-24(2)46)55-33-19-31(25-11-9-8-10-12-25)41-32-18-28(53-6)13-16-30(32)33/h7-13,16,18-19,26-27,29,35H,1,14-15,17,20-23H2,2-6H3,(H,42,48)(H,43,49)/t26-,27-,35+,40-/m1/s1. The molecule has 5 amide bonds. The fourth-order valence-electron chi connectivity index (χ4n) is 6.78. The molecule has 3 aliphatic rings. The van der Waals surface area contributed by atoms with E-state index in [0.717, 1.165) is 17.4 Å². The first kappa shape index (κ1) is 40.2. The summed E-state index contributed by atoms with van der Waals surface area (Å²) < 4.78 is 44.6. The number of nitrogens with zero attached hydrogens (tertiary/aromatic N) is 3. The summed E-state index contributed by atoms with van der Waals surface area (Å²) >= 11 is 0. The van der Waals surface area contributed by atoms with E-state index in [4.69, 9.17) is 19.2 Å². The number of carbonyl (C=O) groups is 5. The minimum Gasteiger partial charge on any atom is -0.497 e. The lowest BCUT2D eigenvalue weighted by atomic mass is 9.96. The Kier molecular flexibility index (Phi) is 11.2. The number of likely N-dealkylation sites (tertiary alicyclic amines) is 1. The number of rotatable bonds is 13. The Morgan fingerprint density at radius 1 is 1.07 bits per heavy atom. The third kappa shape index (κ3) is 8.80. The largest absolute Gasteiger partial charge is 0.497 e. The van der Waals surface area contributed by atoms with E-state index in [1.807, 2.05) is 51.1 Å². The number of fused-ring (bicyclic) bond motifs is 1. The van der Waals surface area contributed by atoms with Crippen molar-refractivity contribution < 1.29 is 46.6 Å². The van der Waals surface area contributed by atoms with Gasteiger partial charge in [0.25, 0.3) is 11.8 Å². The molecule has 4 atom stereocenters. The number of aromatic nitrogens is 1. The van der Waals surface area contributed by atoms with Crippen LogP contribution in [0, 0.1) is 17.3 Å². The second-order valence-corrected chi connectivity index (χ2v) is 17.7. The van der Waals surface area contributed by atoms with Crippen LogP contribution >= 0.6 is 0 Å². The molecule has 0 spiro atoms. The van der Waals surface area contributed by atoms with Crippen LogP contribution in [0.3, 0.4) is 0 Å². The highest BCUT2D eigenvalue weighted by Gasteiger charge is 2.61. The number of imide groups is 1. The predicted octanol–water partition coefficient (Wildman–Crippen LogP) is 4.16. The molecule has 15 nitrogen and oxygen atoms in total. The minimum atomic E-state index is -3.91. The summed E-state index contributed by atoms with van der Waals surface area (Å²) in [5.74, 6) is -3.51. The lowest BCUT2D eigenvalue weighted by Gasteiger charge is -2.34. The molecule has 2 aliphatic carbocycles. The number of urea groups is 1. The average Bonchev–Trinajstić information content (AvgIpc) is 4.09. The quantitative estimate of drug-likeness (QED) is 0.187. The molecule has 3 fully saturated rings. The fraction of sp³-hybridized carbons (Fsp3) is 0.450. The minimum absolute atomic E-state index is 0.0537. The van der Waals surface area contributed by atoms with Gasteiger partial charge in [-0.15, -0.1) is 6.58 Å². The fourth-order valence-corrected chi connectivity index (χ4v) is 8.14. The number of nitrogens with one attached hydrogen (secondary N) is 2. The van der Waals surface area contributed by atoms with E-state index < -0.39 is 80.6 Å². The molecule has 0 unspecified atom stereocenters. The molecule has 16 heteroatoms. The summed E-state index contributed by atoms with van der Waals surface area (Å²) in [6.07, 6.45) is 1.35. The van der Waals surface area contributed by atoms with Crippen LogP contribution in [-0.4, -0.2) is 96.7 Å². The van der Waals surface area contributed by atoms with Crippen molar-refractivity contribution in [2.24, 2.45) is 17.3 Å². The van der Waals surface area contributed by atoms with Crippen LogP contribution in [-0.2, 0) is 33.9 Å². The molecule has 2 aromatic carbocycles. The molecule has 0 bridgehead atoms. The molecule has 298 valence electrons. The Hall–Kier alpha value is -5.51. The van der Waals surface area contributed by atoms with Gasteiger partial charge in [-0.25, -0.2) is 18.2 Å². The molecular formula is C40H47N5O10S. The molecule has 1 aliphatic heterocycles. The van der Waals surface area contributed by atoms with Gasteiger partial charge in [-0.2, -0.15) is 0 Å². The average molecular weight is 790 g/mol. The Morgan fingerprint density at radius 3 is 2.39 bits per heavy atom. The highest BCUT2D eigenvalue weighted by molar-refractivity contribution is 7.91. The Bertz CT molecular complexity index is 2170. The predicted molar refractivity (Wildman–Crippen MR) is 205 cm³/mol. The molecule has 1 aromatic heterocycles. The Labute approximate surface area is 325 Å². The third-order valence-electron chi connectivity index (χ3n) is 9.99. The lowest BCUT2D eigenvalue weighted by molar-refractivity contribution is -0.149. The van der Waals surface area contributed by atoms with E-state index in [1.54, 1.807) is 24.3 Å². The number of hydrogen-bond donors (Lipinski definition) is 2. The number of pyridine rings is 1. The van der Waals surface area contributed by atoms with E-state index in [2.05, 4.69) is 16.6 Å². The molecule has 2 saturated carbocycles. The molecule has 2 heterocycles. The Balaban J connectivity index is 1.36. The zero-order valence-corrected chi connectivity index (χ0v) is 32.9. The number of hydrogen-bond acceptors (Lipinski definition) is 11. The summed E-state index contributed by atoms with van der Waals surface area (Å²) in [7, 11) is -2.37. The van der Waals surface area contributed by atoms with Crippen molar-refractivity contribution in [2.75, 3.05) is 26.8 Å². The number of esters is 1. The number of ether oxygens (including phenoxy) is 3. The summed E-state index contributed by atoms with van der Waals surface area (Å²) in [6, 6.07) is 15.6. The highest BCUT2D eigenvalue weighted by Crippen LogP contribution is 2.46. The van der Waals surface area contributed by atoms with E-state index in [1.165, 1.54) is 18.1 Å². The summed E-state index contributed by atoms with van der Waals surface area (Å²) in [6.45, 7) is 9.47. The molecule has 0 radical (unpaired) electrons. The van der Waals surface area contributed by atoms with Crippen molar-refractivity contribution in [1.29, 1.82) is 0 Å². The van der Waals surface area contributed by atoms with E-state index in [9.17, 15) is 32.4 Å². The van der Waals surface area contributed by atoms with Gasteiger partial charge in [-0.05, 0) is 36.8 Å². The van der Waals surface area contributed by atoms with Gasteiger partial charge in [0.05, 0.1) is 29.5 Å². The van der Waals surface area contributed by atoms with Crippen molar-refractivity contribution in [2.45, 2.75) is 70.4 Å². The van der Waals surface area contributed by atoms with Gasteiger partial charge in [0.1, 0.15) is 17.0 Å². The summed E-state index contributed by atoms with van der Waals surface area (Å²) in [4.78, 5) is 74.4. The number of carbonyl (C=O) groups excluding carboxylic acids is 5. The zero-order chi connectivity index (χ0) is 40.6. The molecule has 1 saturated heterocycles. The maximum atomic E-state index is 14.6. The normalized spacial score (nSPS) is 21.8. The second-order valence-electron chi connectivity index (χ2n) is 15.7. The summed E-state index contributed by atoms with van der Waals surface area (Å²) in [5.41, 5.74) is -0.228. The molecule has 56 heavy (non-hydrogen) atoms. The Morgan fingerprint density at radius 2 is 1.79 bits per heavy atom. The van der Waals surface area contributed by atoms with Crippen LogP contribution in [0.2, 0.25) is 0 Å².